The number of aromatic nitrogens is 2. The first-order valence-electron chi connectivity index (χ1n) is 6.33. The molecular weight excluding hydrogens is 248 g/mol. The molecule has 5 nitrogen and oxygen atoms in total. The Kier molecular flexibility index (Phi) is 4.79. The fourth-order valence-corrected chi connectivity index (χ4v) is 3.02. The van der Waals surface area contributed by atoms with Crippen LogP contribution in [0.4, 0.5) is 5.82 Å². The fraction of sp³-hybridized carbons (Fsp3) is 0.667. The number of nitrogens with two attached hydrogens (primary N) is 1. The Morgan fingerprint density at radius 2 is 2.33 bits per heavy atom. The highest BCUT2D eigenvalue weighted by Crippen LogP contribution is 2.27. The van der Waals surface area contributed by atoms with Gasteiger partial charge in [-0.15, -0.1) is 11.8 Å². The molecule has 3 N–H and O–H groups in total. The smallest absolute Gasteiger partial charge is 0.147 e. The summed E-state index contributed by atoms with van der Waals surface area (Å²) in [6, 6.07) is 0. The third-order valence-corrected chi connectivity index (χ3v) is 4.24. The van der Waals surface area contributed by atoms with Crippen LogP contribution in [0, 0.1) is 6.92 Å². The molecule has 1 aliphatic heterocycles. The minimum atomic E-state index is 0.365. The molecule has 1 aliphatic rings. The Morgan fingerprint density at radius 3 is 2.94 bits per heavy atom. The van der Waals surface area contributed by atoms with Crippen LogP contribution in [0.25, 0.3) is 0 Å². The monoisotopic (exact) mass is 268 g/mol. The maximum absolute atomic E-state index is 5.62. The van der Waals surface area contributed by atoms with E-state index in [0.29, 0.717) is 6.10 Å². The van der Waals surface area contributed by atoms with Crippen LogP contribution in [0.3, 0.4) is 0 Å². The average Bonchev–Trinajstić information content (AvgIpc) is 2.90. The van der Waals surface area contributed by atoms with Crippen molar-refractivity contribution in [3.63, 3.8) is 0 Å². The molecule has 2 rings (SSSR count). The Hall–Kier alpha value is -0.850. The van der Waals surface area contributed by atoms with Crippen LogP contribution in [0.1, 0.15) is 31.2 Å². The number of hydrogen-bond donors (Lipinski definition) is 2. The molecule has 18 heavy (non-hydrogen) atoms. The molecule has 0 spiro atoms. The lowest BCUT2D eigenvalue weighted by Gasteiger charge is -2.13. The van der Waals surface area contributed by atoms with E-state index in [4.69, 9.17) is 10.6 Å². The van der Waals surface area contributed by atoms with Gasteiger partial charge < -0.3 is 10.2 Å². The second-order valence-corrected chi connectivity index (χ2v) is 5.37. The molecule has 1 fully saturated rings. The van der Waals surface area contributed by atoms with Gasteiger partial charge in [-0.2, -0.15) is 0 Å². The summed E-state index contributed by atoms with van der Waals surface area (Å²) in [5, 5.41) is 1.00. The molecule has 1 unspecified atom stereocenters. The number of aryl methyl sites for hydroxylation is 1. The third-order valence-electron chi connectivity index (χ3n) is 3.03. The number of hydrazine groups is 1. The third kappa shape index (κ3) is 3.13. The van der Waals surface area contributed by atoms with Gasteiger partial charge in [0.1, 0.15) is 16.7 Å². The van der Waals surface area contributed by atoms with Gasteiger partial charge in [0.15, 0.2) is 0 Å². The lowest BCUT2D eigenvalue weighted by Crippen LogP contribution is -2.14. The van der Waals surface area contributed by atoms with Gasteiger partial charge in [-0.3, -0.25) is 0 Å². The molecule has 0 aromatic carbocycles. The summed E-state index contributed by atoms with van der Waals surface area (Å²) in [4.78, 5) is 8.92. The number of ether oxygens (including phenoxy) is 1. The molecule has 1 saturated heterocycles. The highest BCUT2D eigenvalue weighted by molar-refractivity contribution is 7.99. The number of anilines is 1. The standard InChI is InChI=1S/C12H20N4OS/c1-3-10-14-11(16-13)8(2)12(15-10)18-7-9-5-4-6-17-9/h9H,3-7,13H2,1-2H3,(H,14,15,16). The van der Waals surface area contributed by atoms with Crippen molar-refractivity contribution >= 4 is 17.6 Å². The maximum atomic E-state index is 5.62. The number of nitrogens with zero attached hydrogens (tertiary/aromatic N) is 2. The predicted molar refractivity (Wildman–Crippen MR) is 73.7 cm³/mol. The molecule has 1 atom stereocenters. The van der Waals surface area contributed by atoms with Crippen LogP contribution < -0.4 is 11.3 Å². The number of thioether (sulfide) groups is 1. The number of rotatable bonds is 5. The van der Waals surface area contributed by atoms with E-state index in [9.17, 15) is 0 Å². The van der Waals surface area contributed by atoms with Gasteiger partial charge in [0, 0.05) is 24.3 Å². The molecule has 1 aromatic heterocycles. The molecule has 0 saturated carbocycles. The highest BCUT2D eigenvalue weighted by Gasteiger charge is 2.17. The van der Waals surface area contributed by atoms with Crippen molar-refractivity contribution in [2.24, 2.45) is 5.84 Å². The van der Waals surface area contributed by atoms with Gasteiger partial charge in [-0.05, 0) is 19.8 Å². The van der Waals surface area contributed by atoms with Crippen molar-refractivity contribution in [1.29, 1.82) is 0 Å². The maximum Gasteiger partial charge on any atom is 0.147 e. The SMILES string of the molecule is CCc1nc(NN)c(C)c(SCC2CCCO2)n1. The second-order valence-electron chi connectivity index (χ2n) is 4.36. The molecule has 2 heterocycles. The summed E-state index contributed by atoms with van der Waals surface area (Å²) in [6.07, 6.45) is 3.50. The van der Waals surface area contributed by atoms with Gasteiger partial charge in [-0.1, -0.05) is 6.92 Å². The molecule has 0 radical (unpaired) electrons. The molecule has 1 aromatic rings. The number of nitrogens with one attached hydrogen (secondary N) is 1. The van der Waals surface area contributed by atoms with Crippen molar-refractivity contribution in [1.82, 2.24) is 9.97 Å². The van der Waals surface area contributed by atoms with Crippen molar-refractivity contribution < 1.29 is 4.74 Å². The second kappa shape index (κ2) is 6.36. The van der Waals surface area contributed by atoms with Crippen LogP contribution in [0.5, 0.6) is 0 Å². The summed E-state index contributed by atoms with van der Waals surface area (Å²) in [6.45, 7) is 4.93. The first-order valence-corrected chi connectivity index (χ1v) is 7.31. The van der Waals surface area contributed by atoms with E-state index in [-0.39, 0.29) is 0 Å². The topological polar surface area (TPSA) is 73.1 Å². The Bertz CT molecular complexity index is 407. The van der Waals surface area contributed by atoms with Crippen LogP contribution in [0.2, 0.25) is 0 Å². The Labute approximate surface area is 112 Å². The summed E-state index contributed by atoms with van der Waals surface area (Å²) < 4.78 is 5.62. The zero-order chi connectivity index (χ0) is 13.0. The van der Waals surface area contributed by atoms with Crippen molar-refractivity contribution in [2.75, 3.05) is 17.8 Å². The van der Waals surface area contributed by atoms with Crippen LogP contribution >= 0.6 is 11.8 Å². The molecule has 0 amide bonds. The van der Waals surface area contributed by atoms with E-state index in [1.54, 1.807) is 11.8 Å². The molecule has 0 bridgehead atoms. The lowest BCUT2D eigenvalue weighted by atomic mass is 10.3. The van der Waals surface area contributed by atoms with Crippen LogP contribution in [0.15, 0.2) is 5.03 Å². The van der Waals surface area contributed by atoms with E-state index in [0.717, 1.165) is 47.4 Å². The molecule has 100 valence electrons. The van der Waals surface area contributed by atoms with Gasteiger partial charge in [0.05, 0.1) is 6.10 Å². The van der Waals surface area contributed by atoms with Crippen molar-refractivity contribution in [3.05, 3.63) is 11.4 Å². The van der Waals surface area contributed by atoms with Crippen LogP contribution in [-0.2, 0) is 11.2 Å². The summed E-state index contributed by atoms with van der Waals surface area (Å²) in [5.74, 6) is 7.98. The summed E-state index contributed by atoms with van der Waals surface area (Å²) in [7, 11) is 0. The quantitative estimate of drug-likeness (QED) is 0.368. The minimum Gasteiger partial charge on any atom is -0.377 e. The van der Waals surface area contributed by atoms with E-state index in [1.807, 2.05) is 13.8 Å². The first kappa shape index (κ1) is 13.6. The van der Waals surface area contributed by atoms with E-state index in [1.165, 1.54) is 6.42 Å². The highest BCUT2D eigenvalue weighted by atomic mass is 32.2. The number of hydrogen-bond acceptors (Lipinski definition) is 6. The Balaban J connectivity index is 2.09. The largest absolute Gasteiger partial charge is 0.377 e. The van der Waals surface area contributed by atoms with E-state index < -0.39 is 0 Å². The first-order chi connectivity index (χ1) is 8.74. The molecule has 0 aliphatic carbocycles. The molecular formula is C12H20N4OS. The zero-order valence-electron chi connectivity index (χ0n) is 10.9. The fourth-order valence-electron chi connectivity index (χ4n) is 1.93. The minimum absolute atomic E-state index is 0.365. The van der Waals surface area contributed by atoms with Gasteiger partial charge >= 0.3 is 0 Å². The summed E-state index contributed by atoms with van der Waals surface area (Å²) >= 11 is 1.73. The average molecular weight is 268 g/mol. The zero-order valence-corrected chi connectivity index (χ0v) is 11.7. The molecule has 6 heteroatoms. The van der Waals surface area contributed by atoms with Gasteiger partial charge in [-0.25, -0.2) is 15.8 Å². The Morgan fingerprint density at radius 1 is 1.50 bits per heavy atom. The van der Waals surface area contributed by atoms with Gasteiger partial charge in [0.25, 0.3) is 0 Å². The normalized spacial score (nSPS) is 19.2. The number of nitrogen functional groups attached to an aromatic ring is 1. The van der Waals surface area contributed by atoms with Crippen LogP contribution in [-0.4, -0.2) is 28.4 Å². The van der Waals surface area contributed by atoms with Gasteiger partial charge in [0.2, 0.25) is 0 Å². The lowest BCUT2D eigenvalue weighted by molar-refractivity contribution is 0.129. The van der Waals surface area contributed by atoms with E-state index in [2.05, 4.69) is 15.4 Å². The summed E-state index contributed by atoms with van der Waals surface area (Å²) in [5.41, 5.74) is 3.65. The van der Waals surface area contributed by atoms with Crippen molar-refractivity contribution in [3.8, 4) is 0 Å². The van der Waals surface area contributed by atoms with E-state index >= 15 is 0 Å². The predicted octanol–water partition coefficient (Wildman–Crippen LogP) is 1.90. The van der Waals surface area contributed by atoms with Crippen molar-refractivity contribution in [2.45, 2.75) is 44.2 Å².